The lowest BCUT2D eigenvalue weighted by molar-refractivity contribution is -0.151. The van der Waals surface area contributed by atoms with E-state index in [1.54, 1.807) is 11.8 Å². The summed E-state index contributed by atoms with van der Waals surface area (Å²) in [5.74, 6) is -1.50. The third-order valence-electron chi connectivity index (χ3n) is 4.80. The lowest BCUT2D eigenvalue weighted by Crippen LogP contribution is -2.40. The van der Waals surface area contributed by atoms with E-state index < -0.39 is 17.4 Å². The van der Waals surface area contributed by atoms with Gasteiger partial charge in [-0.15, -0.1) is 0 Å². The number of rotatable bonds is 3. The molecule has 0 aliphatic carbocycles. The molecule has 3 aliphatic rings. The van der Waals surface area contributed by atoms with E-state index >= 15 is 0 Å². The second-order valence-electron chi connectivity index (χ2n) is 6.03. The van der Waals surface area contributed by atoms with E-state index in [-0.39, 0.29) is 18.0 Å². The maximum atomic E-state index is 13.0. The second-order valence-corrected chi connectivity index (χ2v) is 6.88. The highest BCUT2D eigenvalue weighted by atomic mass is 79.9. The quantitative estimate of drug-likeness (QED) is 0.598. The molecular weight excluding hydrogens is 362 g/mol. The molecule has 1 aromatic rings. The fourth-order valence-corrected chi connectivity index (χ4v) is 4.38. The number of carbonyl (C=O) groups is 2. The maximum absolute atomic E-state index is 13.0. The average Bonchev–Trinajstić information content (AvgIpc) is 3.16. The van der Waals surface area contributed by atoms with Crippen molar-refractivity contribution >= 4 is 33.5 Å². The van der Waals surface area contributed by atoms with E-state index in [2.05, 4.69) is 15.9 Å². The molecule has 1 aromatic carbocycles. The van der Waals surface area contributed by atoms with Crippen LogP contribution in [0.15, 0.2) is 40.9 Å². The molecule has 6 heteroatoms. The van der Waals surface area contributed by atoms with Gasteiger partial charge in [0.05, 0.1) is 30.9 Å². The minimum absolute atomic E-state index is 0.0817. The molecule has 0 saturated carbocycles. The van der Waals surface area contributed by atoms with Crippen LogP contribution in [0.1, 0.15) is 6.92 Å². The van der Waals surface area contributed by atoms with Gasteiger partial charge < -0.3 is 14.4 Å². The monoisotopic (exact) mass is 377 g/mol. The van der Waals surface area contributed by atoms with Crippen molar-refractivity contribution in [2.45, 2.75) is 18.6 Å². The first kappa shape index (κ1) is 14.9. The molecule has 0 aromatic heterocycles. The molecule has 2 saturated heterocycles. The van der Waals surface area contributed by atoms with Crippen LogP contribution in [-0.4, -0.2) is 36.7 Å². The molecule has 1 amide bonds. The van der Waals surface area contributed by atoms with E-state index in [4.69, 9.17) is 9.47 Å². The van der Waals surface area contributed by atoms with E-state index in [0.717, 1.165) is 10.2 Å². The van der Waals surface area contributed by atoms with Gasteiger partial charge in [-0.05, 0) is 35.0 Å². The number of hydrogen-bond donors (Lipinski definition) is 0. The summed E-state index contributed by atoms with van der Waals surface area (Å²) in [6, 6.07) is 7.56. The zero-order valence-electron chi connectivity index (χ0n) is 12.6. The Morgan fingerprint density at radius 2 is 2.26 bits per heavy atom. The van der Waals surface area contributed by atoms with E-state index in [1.165, 1.54) is 0 Å². The molecule has 1 unspecified atom stereocenters. The van der Waals surface area contributed by atoms with Gasteiger partial charge in [-0.25, -0.2) is 0 Å². The Morgan fingerprint density at radius 3 is 3.00 bits per heavy atom. The molecule has 1 spiro atoms. The van der Waals surface area contributed by atoms with Crippen LogP contribution in [0.5, 0.6) is 0 Å². The summed E-state index contributed by atoms with van der Waals surface area (Å²) in [6.07, 6.45) is 3.46. The van der Waals surface area contributed by atoms with Gasteiger partial charge in [0.25, 0.3) is 0 Å². The predicted octanol–water partition coefficient (Wildman–Crippen LogP) is 2.30. The number of benzene rings is 1. The van der Waals surface area contributed by atoms with Gasteiger partial charge in [-0.2, -0.15) is 0 Å². The minimum atomic E-state index is -0.714. The Bertz CT molecular complexity index is 718. The van der Waals surface area contributed by atoms with E-state index in [1.807, 2.05) is 36.4 Å². The first-order valence-electron chi connectivity index (χ1n) is 7.67. The fourth-order valence-electron chi connectivity index (χ4n) is 3.88. The van der Waals surface area contributed by atoms with Crippen LogP contribution in [0, 0.1) is 11.8 Å². The van der Waals surface area contributed by atoms with Gasteiger partial charge >= 0.3 is 5.97 Å². The van der Waals surface area contributed by atoms with Gasteiger partial charge in [-0.1, -0.05) is 24.3 Å². The lowest BCUT2D eigenvalue weighted by Gasteiger charge is -2.22. The normalized spacial score (nSPS) is 34.1. The summed E-state index contributed by atoms with van der Waals surface area (Å²) >= 11 is 3.49. The topological polar surface area (TPSA) is 55.8 Å². The van der Waals surface area contributed by atoms with Crippen LogP contribution in [0.2, 0.25) is 0 Å². The number of ether oxygens (including phenoxy) is 2. The SMILES string of the molecule is CCOC(=O)[C@H]1[C@H]2C=CC3(CN(c4ccccc4Br)C(=O)[C@@H]13)O2. The highest BCUT2D eigenvalue weighted by Crippen LogP contribution is 2.53. The van der Waals surface area contributed by atoms with Crippen LogP contribution < -0.4 is 4.90 Å². The van der Waals surface area contributed by atoms with Crippen LogP contribution in [0.25, 0.3) is 0 Å². The highest BCUT2D eigenvalue weighted by molar-refractivity contribution is 9.10. The summed E-state index contributed by atoms with van der Waals surface area (Å²) in [5, 5.41) is 0. The third-order valence-corrected chi connectivity index (χ3v) is 5.47. The van der Waals surface area contributed by atoms with Gasteiger partial charge in [0, 0.05) is 4.47 Å². The van der Waals surface area contributed by atoms with Gasteiger partial charge in [-0.3, -0.25) is 9.59 Å². The molecular formula is C17H16BrNO4. The largest absolute Gasteiger partial charge is 0.466 e. The minimum Gasteiger partial charge on any atom is -0.466 e. The molecule has 3 heterocycles. The fraction of sp³-hybridized carbons (Fsp3) is 0.412. The number of carbonyl (C=O) groups excluding carboxylic acids is 2. The maximum Gasteiger partial charge on any atom is 0.312 e. The molecule has 2 fully saturated rings. The smallest absolute Gasteiger partial charge is 0.312 e. The Morgan fingerprint density at radius 1 is 1.48 bits per heavy atom. The number of nitrogens with zero attached hydrogens (tertiary/aromatic N) is 1. The molecule has 5 nitrogen and oxygen atoms in total. The average molecular weight is 378 g/mol. The molecule has 3 aliphatic heterocycles. The molecule has 4 rings (SSSR count). The van der Waals surface area contributed by atoms with Gasteiger partial charge in [0.15, 0.2) is 0 Å². The Kier molecular flexibility index (Phi) is 3.35. The number of fused-ring (bicyclic) bond motifs is 1. The van der Waals surface area contributed by atoms with Crippen molar-refractivity contribution in [1.29, 1.82) is 0 Å². The molecule has 23 heavy (non-hydrogen) atoms. The predicted molar refractivity (Wildman–Crippen MR) is 86.9 cm³/mol. The van der Waals surface area contributed by atoms with Gasteiger partial charge in [0.2, 0.25) is 5.91 Å². The summed E-state index contributed by atoms with van der Waals surface area (Å²) in [4.78, 5) is 27.0. The van der Waals surface area contributed by atoms with Crippen molar-refractivity contribution in [2.24, 2.45) is 11.8 Å². The summed E-state index contributed by atoms with van der Waals surface area (Å²) in [5.41, 5.74) is 0.0818. The van der Waals surface area contributed by atoms with Crippen LogP contribution >= 0.6 is 15.9 Å². The van der Waals surface area contributed by atoms with Crippen molar-refractivity contribution in [3.8, 4) is 0 Å². The standard InChI is InChI=1S/C17H16BrNO4/c1-2-22-16(21)13-12-7-8-17(23-12)9-19(15(20)14(13)17)11-6-4-3-5-10(11)18/h3-8,12-14H,2,9H2,1H3/t12-,13+,14-,17?/m1/s1. The van der Waals surface area contributed by atoms with Crippen molar-refractivity contribution in [1.82, 2.24) is 0 Å². The molecule has 120 valence electrons. The highest BCUT2D eigenvalue weighted by Gasteiger charge is 2.67. The Hall–Kier alpha value is -1.66. The van der Waals surface area contributed by atoms with Crippen LogP contribution in [0.3, 0.4) is 0 Å². The summed E-state index contributed by atoms with van der Waals surface area (Å²) in [7, 11) is 0. The van der Waals surface area contributed by atoms with Gasteiger partial charge in [0.1, 0.15) is 11.5 Å². The zero-order valence-corrected chi connectivity index (χ0v) is 14.2. The molecule has 0 N–H and O–H groups in total. The van der Waals surface area contributed by atoms with E-state index in [9.17, 15) is 9.59 Å². The van der Waals surface area contributed by atoms with Crippen molar-refractivity contribution in [2.75, 3.05) is 18.1 Å². The number of esters is 1. The number of para-hydroxylation sites is 1. The number of amides is 1. The van der Waals surface area contributed by atoms with E-state index in [0.29, 0.717) is 13.2 Å². The summed E-state index contributed by atoms with van der Waals surface area (Å²) in [6.45, 7) is 2.48. The van der Waals surface area contributed by atoms with Crippen LogP contribution in [0.4, 0.5) is 5.69 Å². The Balaban J connectivity index is 1.71. The molecule has 0 radical (unpaired) electrons. The Labute approximate surface area is 142 Å². The van der Waals surface area contributed by atoms with Crippen molar-refractivity contribution < 1.29 is 19.1 Å². The first-order chi connectivity index (χ1) is 11.1. The second kappa shape index (κ2) is 5.18. The summed E-state index contributed by atoms with van der Waals surface area (Å²) < 4.78 is 12.0. The van der Waals surface area contributed by atoms with Crippen LogP contribution in [-0.2, 0) is 19.1 Å². The van der Waals surface area contributed by atoms with Crippen molar-refractivity contribution in [3.05, 3.63) is 40.9 Å². The van der Waals surface area contributed by atoms with Crippen molar-refractivity contribution in [3.63, 3.8) is 0 Å². The third kappa shape index (κ3) is 2.01. The number of hydrogen-bond acceptors (Lipinski definition) is 4. The number of halogens is 1. The first-order valence-corrected chi connectivity index (χ1v) is 8.46. The lowest BCUT2D eigenvalue weighted by atomic mass is 9.77. The zero-order chi connectivity index (χ0) is 16.2. The number of anilines is 1. The molecule has 4 atom stereocenters. The molecule has 2 bridgehead atoms.